The minimum absolute atomic E-state index is 0.153. The van der Waals surface area contributed by atoms with Crippen LogP contribution in [0.4, 0.5) is 5.69 Å². The van der Waals surface area contributed by atoms with Gasteiger partial charge in [0.15, 0.2) is 0 Å². The molecule has 0 radical (unpaired) electrons. The number of benzene rings is 2. The molecule has 2 aromatic carbocycles. The molecule has 0 aliphatic carbocycles. The van der Waals surface area contributed by atoms with E-state index in [1.165, 1.54) is 12.6 Å². The van der Waals surface area contributed by atoms with Crippen LogP contribution in [0.2, 0.25) is 0 Å². The fourth-order valence-electron chi connectivity index (χ4n) is 4.16. The average Bonchev–Trinajstić information content (AvgIpc) is 3.35. The van der Waals surface area contributed by atoms with Crippen molar-refractivity contribution in [2.75, 3.05) is 19.0 Å². The number of carbonyl (C=O) groups is 4. The van der Waals surface area contributed by atoms with E-state index in [0.29, 0.717) is 12.1 Å². The van der Waals surface area contributed by atoms with E-state index in [4.69, 9.17) is 9.94 Å². The molecule has 9 nitrogen and oxygen atoms in total. The number of amides is 3. The van der Waals surface area contributed by atoms with Gasteiger partial charge in [-0.2, -0.15) is 0 Å². The number of rotatable bonds is 5. The molecule has 1 unspecified atom stereocenters. The number of imide groups is 1. The molecule has 0 saturated carbocycles. The van der Waals surface area contributed by atoms with E-state index >= 15 is 0 Å². The lowest BCUT2D eigenvalue weighted by Gasteiger charge is -2.26. The minimum atomic E-state index is -1.08. The van der Waals surface area contributed by atoms with Crippen LogP contribution in [-0.4, -0.2) is 53.5 Å². The normalized spacial score (nSPS) is 16.8. The summed E-state index contributed by atoms with van der Waals surface area (Å²) >= 11 is 0. The SMILES string of the molecule is COC(=O)[C@H](CC1CNc2ccc(C#CCC(=O)NO)cc21)N1C(=O)c2ccccc2C1=O. The molecule has 0 aromatic heterocycles. The molecule has 0 bridgehead atoms. The zero-order valence-electron chi connectivity index (χ0n) is 17.8. The Morgan fingerprint density at radius 1 is 1.21 bits per heavy atom. The molecule has 0 saturated heterocycles. The Morgan fingerprint density at radius 2 is 1.91 bits per heavy atom. The number of methoxy groups -OCH3 is 1. The first-order valence-corrected chi connectivity index (χ1v) is 10.3. The lowest BCUT2D eigenvalue weighted by atomic mass is 9.92. The number of esters is 1. The number of ether oxygens (including phenoxy) is 1. The van der Waals surface area contributed by atoms with Gasteiger partial charge in [-0.25, -0.2) is 10.3 Å². The van der Waals surface area contributed by atoms with Gasteiger partial charge in [0.2, 0.25) is 0 Å². The Labute approximate surface area is 189 Å². The predicted octanol–water partition coefficient (Wildman–Crippen LogP) is 1.67. The Kier molecular flexibility index (Phi) is 6.11. The summed E-state index contributed by atoms with van der Waals surface area (Å²) < 4.78 is 4.94. The van der Waals surface area contributed by atoms with Crippen LogP contribution >= 0.6 is 0 Å². The first-order chi connectivity index (χ1) is 15.9. The third kappa shape index (κ3) is 4.16. The Morgan fingerprint density at radius 3 is 2.55 bits per heavy atom. The molecule has 3 amide bonds. The second-order valence-electron chi connectivity index (χ2n) is 7.69. The second-order valence-corrected chi connectivity index (χ2v) is 7.69. The zero-order valence-corrected chi connectivity index (χ0v) is 17.8. The third-order valence-corrected chi connectivity index (χ3v) is 5.75. The molecule has 2 aromatic rings. The van der Waals surface area contributed by atoms with Gasteiger partial charge in [-0.15, -0.1) is 0 Å². The standard InChI is InChI=1S/C24H21N3O6/c1-33-24(31)20(27-22(29)16-6-2-3-7-17(16)23(27)30)12-15-13-25-19-10-9-14(11-18(15)19)5-4-8-21(28)26-32/h2-3,6-7,9-11,15,20,25,32H,8,12-13H2,1H3,(H,26,28)/t15?,20-/m0/s1. The van der Waals surface area contributed by atoms with Crippen LogP contribution in [0, 0.1) is 11.8 Å². The fraction of sp³-hybridized carbons (Fsp3) is 0.250. The molecular formula is C24H21N3O6. The van der Waals surface area contributed by atoms with Crippen molar-refractivity contribution in [2.24, 2.45) is 0 Å². The van der Waals surface area contributed by atoms with Gasteiger partial charge in [-0.1, -0.05) is 24.0 Å². The lowest BCUT2D eigenvalue weighted by Crippen LogP contribution is -2.46. The maximum Gasteiger partial charge on any atom is 0.329 e. The van der Waals surface area contributed by atoms with E-state index in [2.05, 4.69) is 17.2 Å². The fourth-order valence-corrected chi connectivity index (χ4v) is 4.16. The molecule has 2 aliphatic heterocycles. The Hall–Kier alpha value is -4.16. The topological polar surface area (TPSA) is 125 Å². The van der Waals surface area contributed by atoms with Crippen LogP contribution in [0.3, 0.4) is 0 Å². The molecule has 0 fully saturated rings. The monoisotopic (exact) mass is 447 g/mol. The largest absolute Gasteiger partial charge is 0.467 e. The van der Waals surface area contributed by atoms with Gasteiger partial charge in [-0.3, -0.25) is 24.5 Å². The Balaban J connectivity index is 1.59. The van der Waals surface area contributed by atoms with E-state index in [1.54, 1.807) is 30.3 Å². The average molecular weight is 447 g/mol. The van der Waals surface area contributed by atoms with E-state index in [9.17, 15) is 19.2 Å². The molecule has 3 N–H and O–H groups in total. The summed E-state index contributed by atoms with van der Waals surface area (Å²) in [6, 6.07) is 10.9. The number of hydrogen-bond donors (Lipinski definition) is 3. The van der Waals surface area contributed by atoms with Gasteiger partial charge in [0.1, 0.15) is 6.04 Å². The molecular weight excluding hydrogens is 426 g/mol. The molecule has 0 spiro atoms. The van der Waals surface area contributed by atoms with Gasteiger partial charge in [0, 0.05) is 23.7 Å². The minimum Gasteiger partial charge on any atom is -0.467 e. The molecule has 2 aliphatic rings. The Bertz CT molecular complexity index is 1180. The summed E-state index contributed by atoms with van der Waals surface area (Å²) in [6.45, 7) is 0.510. The van der Waals surface area contributed by atoms with Crippen LogP contribution in [-0.2, 0) is 14.3 Å². The number of nitrogens with zero attached hydrogens (tertiary/aromatic N) is 1. The highest BCUT2D eigenvalue weighted by Crippen LogP contribution is 2.37. The van der Waals surface area contributed by atoms with Gasteiger partial charge < -0.3 is 10.1 Å². The lowest BCUT2D eigenvalue weighted by molar-refractivity contribution is -0.145. The summed E-state index contributed by atoms with van der Waals surface area (Å²) in [5.74, 6) is 3.06. The first kappa shape index (κ1) is 22.0. The van der Waals surface area contributed by atoms with Crippen LogP contribution in [0.5, 0.6) is 0 Å². The van der Waals surface area contributed by atoms with E-state index in [1.807, 2.05) is 12.1 Å². The van der Waals surface area contributed by atoms with Crippen molar-refractivity contribution in [2.45, 2.75) is 24.8 Å². The quantitative estimate of drug-likeness (QED) is 0.209. The number of anilines is 1. The summed E-state index contributed by atoms with van der Waals surface area (Å²) in [5.41, 5.74) is 4.47. The number of fused-ring (bicyclic) bond motifs is 2. The molecule has 168 valence electrons. The van der Waals surface area contributed by atoms with Gasteiger partial charge in [-0.05, 0) is 42.3 Å². The summed E-state index contributed by atoms with van der Waals surface area (Å²) in [6.07, 6.45) is 0.0291. The van der Waals surface area contributed by atoms with Crippen molar-refractivity contribution in [1.82, 2.24) is 10.4 Å². The molecule has 33 heavy (non-hydrogen) atoms. The van der Waals surface area contributed by atoms with Gasteiger partial charge in [0.05, 0.1) is 24.7 Å². The molecule has 4 rings (SSSR count). The van der Waals surface area contributed by atoms with Crippen molar-refractivity contribution < 1.29 is 29.1 Å². The van der Waals surface area contributed by atoms with Gasteiger partial charge in [0.25, 0.3) is 17.7 Å². The second kappa shape index (κ2) is 9.14. The van der Waals surface area contributed by atoms with Crippen LogP contribution in [0.25, 0.3) is 0 Å². The van der Waals surface area contributed by atoms with Crippen LogP contribution in [0.1, 0.15) is 50.6 Å². The van der Waals surface area contributed by atoms with Crippen LogP contribution < -0.4 is 10.8 Å². The predicted molar refractivity (Wildman–Crippen MR) is 116 cm³/mol. The third-order valence-electron chi connectivity index (χ3n) is 5.75. The highest BCUT2D eigenvalue weighted by molar-refractivity contribution is 6.22. The number of hydroxylamine groups is 1. The first-order valence-electron chi connectivity index (χ1n) is 10.3. The van der Waals surface area contributed by atoms with Crippen LogP contribution in [0.15, 0.2) is 42.5 Å². The number of nitrogens with one attached hydrogen (secondary N) is 2. The zero-order chi connectivity index (χ0) is 23.5. The van der Waals surface area contributed by atoms with E-state index in [-0.39, 0.29) is 29.9 Å². The molecule has 2 atom stereocenters. The molecule has 9 heteroatoms. The number of hydrogen-bond acceptors (Lipinski definition) is 7. The van der Waals surface area contributed by atoms with Crippen molar-refractivity contribution in [1.29, 1.82) is 0 Å². The molecule has 2 heterocycles. The maximum absolute atomic E-state index is 13.0. The summed E-state index contributed by atoms with van der Waals surface area (Å²) in [4.78, 5) is 50.7. The highest BCUT2D eigenvalue weighted by atomic mass is 16.5. The van der Waals surface area contributed by atoms with Crippen molar-refractivity contribution in [3.05, 3.63) is 64.7 Å². The summed E-state index contributed by atoms with van der Waals surface area (Å²) in [7, 11) is 1.23. The van der Waals surface area contributed by atoms with Crippen molar-refractivity contribution >= 4 is 29.4 Å². The van der Waals surface area contributed by atoms with E-state index in [0.717, 1.165) is 16.2 Å². The highest BCUT2D eigenvalue weighted by Gasteiger charge is 2.44. The van der Waals surface area contributed by atoms with Gasteiger partial charge >= 0.3 is 5.97 Å². The van der Waals surface area contributed by atoms with Crippen molar-refractivity contribution in [3.8, 4) is 11.8 Å². The smallest absolute Gasteiger partial charge is 0.329 e. The summed E-state index contributed by atoms with van der Waals surface area (Å²) in [5, 5.41) is 11.8. The number of carbonyl (C=O) groups excluding carboxylic acids is 4. The maximum atomic E-state index is 13.0. The van der Waals surface area contributed by atoms with E-state index < -0.39 is 29.7 Å². The van der Waals surface area contributed by atoms with Crippen molar-refractivity contribution in [3.63, 3.8) is 0 Å².